The normalized spacial score (nSPS) is 15.8. The molecule has 1 heterocycles. The standard InChI is InChI=1S/C16H21NO/c1-10(2)14-7-4-11(3)15-12(9-18-16(14)15)8-17-13-5-6-13/h4,7,9-10,13,17H,5-6,8H2,1-3H3. The Morgan fingerprint density at radius 2 is 2.11 bits per heavy atom. The van der Waals surface area contributed by atoms with Gasteiger partial charge in [0.15, 0.2) is 0 Å². The van der Waals surface area contributed by atoms with E-state index in [1.165, 1.54) is 34.9 Å². The molecule has 0 saturated heterocycles. The van der Waals surface area contributed by atoms with Gasteiger partial charge in [0.25, 0.3) is 0 Å². The minimum atomic E-state index is 0.503. The van der Waals surface area contributed by atoms with Crippen LogP contribution < -0.4 is 5.32 Å². The molecule has 1 aliphatic carbocycles. The van der Waals surface area contributed by atoms with Crippen molar-refractivity contribution in [1.82, 2.24) is 5.32 Å². The number of aryl methyl sites for hydroxylation is 1. The van der Waals surface area contributed by atoms with Gasteiger partial charge in [0, 0.05) is 23.5 Å². The van der Waals surface area contributed by atoms with Crippen molar-refractivity contribution in [3.63, 3.8) is 0 Å². The smallest absolute Gasteiger partial charge is 0.137 e. The van der Waals surface area contributed by atoms with E-state index in [0.29, 0.717) is 5.92 Å². The zero-order chi connectivity index (χ0) is 12.7. The zero-order valence-corrected chi connectivity index (χ0v) is 11.4. The van der Waals surface area contributed by atoms with E-state index in [1.807, 2.05) is 6.26 Å². The summed E-state index contributed by atoms with van der Waals surface area (Å²) in [4.78, 5) is 0. The molecule has 0 unspecified atom stereocenters. The Labute approximate surface area is 108 Å². The average molecular weight is 243 g/mol. The number of furan rings is 1. The molecule has 2 heteroatoms. The Morgan fingerprint density at radius 3 is 2.78 bits per heavy atom. The first-order chi connectivity index (χ1) is 8.66. The van der Waals surface area contributed by atoms with Crippen LogP contribution in [0.1, 0.15) is 49.3 Å². The maximum Gasteiger partial charge on any atom is 0.137 e. The summed E-state index contributed by atoms with van der Waals surface area (Å²) < 4.78 is 5.84. The third-order valence-corrected chi connectivity index (χ3v) is 3.82. The van der Waals surface area contributed by atoms with Gasteiger partial charge in [-0.3, -0.25) is 0 Å². The monoisotopic (exact) mass is 243 g/mol. The summed E-state index contributed by atoms with van der Waals surface area (Å²) in [7, 11) is 0. The molecule has 0 radical (unpaired) electrons. The lowest BCUT2D eigenvalue weighted by Gasteiger charge is -2.08. The number of benzene rings is 1. The van der Waals surface area contributed by atoms with Crippen LogP contribution in [0.2, 0.25) is 0 Å². The van der Waals surface area contributed by atoms with Crippen LogP contribution in [-0.4, -0.2) is 6.04 Å². The van der Waals surface area contributed by atoms with E-state index in [-0.39, 0.29) is 0 Å². The van der Waals surface area contributed by atoms with Gasteiger partial charge in [0.05, 0.1) is 6.26 Å². The van der Waals surface area contributed by atoms with Crippen LogP contribution >= 0.6 is 0 Å². The molecular weight excluding hydrogens is 222 g/mol. The SMILES string of the molecule is Cc1ccc(C(C)C)c2occ(CNC3CC3)c12. The fourth-order valence-corrected chi connectivity index (χ4v) is 2.54. The van der Waals surface area contributed by atoms with Gasteiger partial charge < -0.3 is 9.73 Å². The fourth-order valence-electron chi connectivity index (χ4n) is 2.54. The van der Waals surface area contributed by atoms with Crippen LogP contribution in [0.4, 0.5) is 0 Å². The average Bonchev–Trinajstić information content (AvgIpc) is 3.06. The van der Waals surface area contributed by atoms with Gasteiger partial charge in [0.2, 0.25) is 0 Å². The van der Waals surface area contributed by atoms with E-state index in [4.69, 9.17) is 4.42 Å². The lowest BCUT2D eigenvalue weighted by molar-refractivity contribution is 0.595. The molecule has 1 aromatic carbocycles. The van der Waals surface area contributed by atoms with Crippen molar-refractivity contribution in [3.05, 3.63) is 35.1 Å². The van der Waals surface area contributed by atoms with Crippen LogP contribution in [-0.2, 0) is 6.54 Å². The fraction of sp³-hybridized carbons (Fsp3) is 0.500. The second-order valence-corrected chi connectivity index (χ2v) is 5.75. The second kappa shape index (κ2) is 4.43. The number of nitrogens with one attached hydrogen (secondary N) is 1. The van der Waals surface area contributed by atoms with Gasteiger partial charge in [-0.05, 0) is 36.8 Å². The summed E-state index contributed by atoms with van der Waals surface area (Å²) in [6.07, 6.45) is 4.58. The second-order valence-electron chi connectivity index (χ2n) is 5.75. The first kappa shape index (κ1) is 11.8. The quantitative estimate of drug-likeness (QED) is 0.874. The van der Waals surface area contributed by atoms with Gasteiger partial charge in [-0.1, -0.05) is 26.0 Å². The van der Waals surface area contributed by atoms with E-state index in [1.54, 1.807) is 0 Å². The summed E-state index contributed by atoms with van der Waals surface area (Å²) in [6.45, 7) is 7.53. The lowest BCUT2D eigenvalue weighted by atomic mass is 9.97. The highest BCUT2D eigenvalue weighted by Crippen LogP contribution is 2.32. The molecular formula is C16H21NO. The highest BCUT2D eigenvalue weighted by molar-refractivity contribution is 5.87. The number of fused-ring (bicyclic) bond motifs is 1. The van der Waals surface area contributed by atoms with Gasteiger partial charge in [-0.15, -0.1) is 0 Å². The van der Waals surface area contributed by atoms with Crippen molar-refractivity contribution >= 4 is 11.0 Å². The molecule has 1 N–H and O–H groups in total. The highest BCUT2D eigenvalue weighted by atomic mass is 16.3. The molecule has 0 amide bonds. The third-order valence-electron chi connectivity index (χ3n) is 3.82. The molecule has 1 aliphatic rings. The van der Waals surface area contributed by atoms with Crippen molar-refractivity contribution in [2.24, 2.45) is 0 Å². The third kappa shape index (κ3) is 2.05. The summed E-state index contributed by atoms with van der Waals surface area (Å²) in [5.74, 6) is 0.503. The van der Waals surface area contributed by atoms with E-state index in [9.17, 15) is 0 Å². The highest BCUT2D eigenvalue weighted by Gasteiger charge is 2.21. The Bertz CT molecular complexity index is 564. The minimum absolute atomic E-state index is 0.503. The lowest BCUT2D eigenvalue weighted by Crippen LogP contribution is -2.15. The molecule has 1 fully saturated rings. The van der Waals surface area contributed by atoms with Crippen LogP contribution in [0.25, 0.3) is 11.0 Å². The van der Waals surface area contributed by atoms with E-state index in [2.05, 4.69) is 38.2 Å². The molecule has 2 nitrogen and oxygen atoms in total. The van der Waals surface area contributed by atoms with Crippen LogP contribution in [0.3, 0.4) is 0 Å². The first-order valence-electron chi connectivity index (χ1n) is 6.89. The van der Waals surface area contributed by atoms with Gasteiger partial charge >= 0.3 is 0 Å². The Balaban J connectivity index is 2.01. The largest absolute Gasteiger partial charge is 0.464 e. The molecule has 0 aliphatic heterocycles. The number of hydrogen-bond donors (Lipinski definition) is 1. The molecule has 1 aromatic heterocycles. The molecule has 0 spiro atoms. The summed E-state index contributed by atoms with van der Waals surface area (Å²) in [5, 5.41) is 4.88. The van der Waals surface area contributed by atoms with E-state index >= 15 is 0 Å². The molecule has 2 aromatic rings. The molecule has 0 bridgehead atoms. The number of rotatable bonds is 4. The molecule has 1 saturated carbocycles. The van der Waals surface area contributed by atoms with Crippen molar-refractivity contribution in [1.29, 1.82) is 0 Å². The Kier molecular flexibility index (Phi) is 2.90. The Morgan fingerprint density at radius 1 is 1.33 bits per heavy atom. The Hall–Kier alpha value is -1.28. The molecule has 0 atom stereocenters. The van der Waals surface area contributed by atoms with Gasteiger partial charge in [-0.2, -0.15) is 0 Å². The van der Waals surface area contributed by atoms with Crippen LogP contribution in [0.5, 0.6) is 0 Å². The molecule has 18 heavy (non-hydrogen) atoms. The zero-order valence-electron chi connectivity index (χ0n) is 11.4. The summed E-state index contributed by atoms with van der Waals surface area (Å²) in [6, 6.07) is 5.15. The predicted octanol–water partition coefficient (Wildman–Crippen LogP) is 4.12. The van der Waals surface area contributed by atoms with Crippen LogP contribution in [0.15, 0.2) is 22.8 Å². The van der Waals surface area contributed by atoms with Crippen LogP contribution in [0, 0.1) is 6.92 Å². The van der Waals surface area contributed by atoms with Gasteiger partial charge in [-0.25, -0.2) is 0 Å². The summed E-state index contributed by atoms with van der Waals surface area (Å²) >= 11 is 0. The topological polar surface area (TPSA) is 25.2 Å². The maximum absolute atomic E-state index is 5.84. The first-order valence-corrected chi connectivity index (χ1v) is 6.89. The molecule has 3 rings (SSSR count). The van der Waals surface area contributed by atoms with Crippen molar-refractivity contribution < 1.29 is 4.42 Å². The maximum atomic E-state index is 5.84. The minimum Gasteiger partial charge on any atom is -0.464 e. The molecule has 96 valence electrons. The summed E-state index contributed by atoms with van der Waals surface area (Å²) in [5.41, 5.74) is 5.01. The van der Waals surface area contributed by atoms with Crippen molar-refractivity contribution in [2.45, 2.75) is 52.1 Å². The number of hydrogen-bond acceptors (Lipinski definition) is 2. The van der Waals surface area contributed by atoms with Gasteiger partial charge in [0.1, 0.15) is 5.58 Å². The predicted molar refractivity (Wildman–Crippen MR) is 74.9 cm³/mol. The van der Waals surface area contributed by atoms with E-state index in [0.717, 1.165) is 18.2 Å². The van der Waals surface area contributed by atoms with Crippen molar-refractivity contribution in [2.75, 3.05) is 0 Å². The van der Waals surface area contributed by atoms with E-state index < -0.39 is 0 Å². The van der Waals surface area contributed by atoms with Crippen molar-refractivity contribution in [3.8, 4) is 0 Å².